The van der Waals surface area contributed by atoms with E-state index in [2.05, 4.69) is 59.3 Å². The largest absolute Gasteiger partial charge is 0.396 e. The number of aliphatic hydroxyl groups is 1. The molecule has 1 aromatic rings. The van der Waals surface area contributed by atoms with Crippen molar-refractivity contribution in [1.82, 2.24) is 15.1 Å². The smallest absolute Gasteiger partial charge is 0.194 e. The molecular weight excluding hydrogens is 451 g/mol. The monoisotopic (exact) mass is 486 g/mol. The van der Waals surface area contributed by atoms with Gasteiger partial charge in [0, 0.05) is 44.2 Å². The molecule has 1 aliphatic carbocycles. The van der Waals surface area contributed by atoms with E-state index in [-0.39, 0.29) is 36.0 Å². The van der Waals surface area contributed by atoms with Crippen molar-refractivity contribution >= 4 is 29.9 Å². The number of hydrogen-bond acceptors (Lipinski definition) is 3. The zero-order valence-electron chi connectivity index (χ0n) is 16.7. The first kappa shape index (κ1) is 22.4. The van der Waals surface area contributed by atoms with E-state index < -0.39 is 0 Å². The zero-order valence-corrected chi connectivity index (χ0v) is 19.1. The van der Waals surface area contributed by atoms with Crippen LogP contribution in [-0.4, -0.2) is 66.7 Å². The Bertz CT molecular complexity index is 583. The Balaban J connectivity index is 0.00000261. The number of aliphatic hydroxyl groups excluding tert-OH is 1. The first-order valence-corrected chi connectivity index (χ1v) is 10.1. The molecule has 1 atom stereocenters. The molecule has 0 spiro atoms. The number of benzene rings is 1. The molecule has 1 aromatic carbocycles. The SMILES string of the molecule is CCNC(=NCC1(CO)CC1)N1CCN(C(CC)c2ccccc2)CC1.I. The second kappa shape index (κ2) is 10.6. The van der Waals surface area contributed by atoms with E-state index in [0.717, 1.165) is 64.5 Å². The number of halogens is 1. The Kier molecular flexibility index (Phi) is 8.82. The summed E-state index contributed by atoms with van der Waals surface area (Å²) in [5, 5.41) is 13.0. The van der Waals surface area contributed by atoms with Gasteiger partial charge in [0.2, 0.25) is 0 Å². The van der Waals surface area contributed by atoms with E-state index >= 15 is 0 Å². The molecule has 3 rings (SSSR count). The molecule has 1 heterocycles. The number of aliphatic imine (C=N–C) groups is 1. The molecule has 1 unspecified atom stereocenters. The molecule has 27 heavy (non-hydrogen) atoms. The van der Waals surface area contributed by atoms with Gasteiger partial charge < -0.3 is 15.3 Å². The van der Waals surface area contributed by atoms with Crippen molar-refractivity contribution in [3.05, 3.63) is 35.9 Å². The van der Waals surface area contributed by atoms with E-state index in [4.69, 9.17) is 4.99 Å². The van der Waals surface area contributed by atoms with E-state index in [0.29, 0.717) is 6.04 Å². The summed E-state index contributed by atoms with van der Waals surface area (Å²) >= 11 is 0. The molecule has 2 aliphatic rings. The molecule has 2 N–H and O–H groups in total. The van der Waals surface area contributed by atoms with Gasteiger partial charge in [-0.1, -0.05) is 37.3 Å². The maximum atomic E-state index is 9.53. The fraction of sp³-hybridized carbons (Fsp3) is 0.667. The lowest BCUT2D eigenvalue weighted by Gasteiger charge is -2.40. The fourth-order valence-corrected chi connectivity index (χ4v) is 3.84. The van der Waals surface area contributed by atoms with Crippen LogP contribution < -0.4 is 5.32 Å². The van der Waals surface area contributed by atoms with Crippen LogP contribution in [0.1, 0.15) is 44.7 Å². The molecule has 1 aliphatic heterocycles. The summed E-state index contributed by atoms with van der Waals surface area (Å²) in [6, 6.07) is 11.4. The molecule has 2 fully saturated rings. The van der Waals surface area contributed by atoms with Crippen molar-refractivity contribution in [3.8, 4) is 0 Å². The highest BCUT2D eigenvalue weighted by molar-refractivity contribution is 14.0. The second-order valence-corrected chi connectivity index (χ2v) is 7.69. The van der Waals surface area contributed by atoms with Crippen LogP contribution in [0.5, 0.6) is 0 Å². The molecule has 152 valence electrons. The molecule has 5 nitrogen and oxygen atoms in total. The molecule has 1 saturated heterocycles. The normalized spacial score (nSPS) is 20.7. The van der Waals surface area contributed by atoms with E-state index in [9.17, 15) is 5.11 Å². The summed E-state index contributed by atoms with van der Waals surface area (Å²) in [6.07, 6.45) is 3.35. The van der Waals surface area contributed by atoms with Gasteiger partial charge in [-0.3, -0.25) is 9.89 Å². The van der Waals surface area contributed by atoms with E-state index in [1.165, 1.54) is 5.56 Å². The summed E-state index contributed by atoms with van der Waals surface area (Å²) in [5.74, 6) is 1.01. The third kappa shape index (κ3) is 5.81. The Hall–Kier alpha value is -0.860. The lowest BCUT2D eigenvalue weighted by molar-refractivity contribution is 0.126. The first-order valence-electron chi connectivity index (χ1n) is 10.1. The minimum atomic E-state index is 0. The number of piperazine rings is 1. The zero-order chi connectivity index (χ0) is 18.4. The third-order valence-electron chi connectivity index (χ3n) is 5.82. The number of nitrogens with zero attached hydrogens (tertiary/aromatic N) is 3. The highest BCUT2D eigenvalue weighted by atomic mass is 127. The van der Waals surface area contributed by atoms with Crippen molar-refractivity contribution in [3.63, 3.8) is 0 Å². The average Bonchev–Trinajstić information content (AvgIpc) is 3.48. The molecule has 0 aromatic heterocycles. The average molecular weight is 486 g/mol. The molecular formula is C21H35IN4O. The Morgan fingerprint density at radius 1 is 1.15 bits per heavy atom. The van der Waals surface area contributed by atoms with Crippen LogP contribution in [0.25, 0.3) is 0 Å². The highest BCUT2D eigenvalue weighted by Crippen LogP contribution is 2.45. The van der Waals surface area contributed by atoms with Crippen LogP contribution in [-0.2, 0) is 0 Å². The van der Waals surface area contributed by atoms with Gasteiger partial charge in [-0.15, -0.1) is 24.0 Å². The summed E-state index contributed by atoms with van der Waals surface area (Å²) in [7, 11) is 0. The lowest BCUT2D eigenvalue weighted by atomic mass is 10.0. The number of rotatable bonds is 7. The minimum Gasteiger partial charge on any atom is -0.396 e. The first-order chi connectivity index (χ1) is 12.7. The summed E-state index contributed by atoms with van der Waals surface area (Å²) < 4.78 is 0. The van der Waals surface area contributed by atoms with Crippen LogP contribution >= 0.6 is 24.0 Å². The number of hydrogen-bond donors (Lipinski definition) is 2. The lowest BCUT2D eigenvalue weighted by Crippen LogP contribution is -2.53. The molecule has 6 heteroatoms. The Morgan fingerprint density at radius 2 is 1.81 bits per heavy atom. The van der Waals surface area contributed by atoms with Gasteiger partial charge in [-0.05, 0) is 31.7 Å². The summed E-state index contributed by atoms with van der Waals surface area (Å²) in [4.78, 5) is 9.83. The Morgan fingerprint density at radius 3 is 2.33 bits per heavy atom. The standard InChI is InChI=1S/C21H34N4O.HI/c1-3-19(18-8-6-5-7-9-18)24-12-14-25(15-13-24)20(22-4-2)23-16-21(17-26)10-11-21;/h5-9,19,26H,3-4,10-17H2,1-2H3,(H,22,23);1H. The molecule has 1 saturated carbocycles. The van der Waals surface area contributed by atoms with Crippen molar-refractivity contribution in [2.45, 2.75) is 39.2 Å². The van der Waals surface area contributed by atoms with Gasteiger partial charge in [-0.25, -0.2) is 0 Å². The van der Waals surface area contributed by atoms with Gasteiger partial charge in [0.15, 0.2) is 5.96 Å². The van der Waals surface area contributed by atoms with E-state index in [1.807, 2.05) is 0 Å². The topological polar surface area (TPSA) is 51.1 Å². The van der Waals surface area contributed by atoms with Crippen LogP contribution in [0.4, 0.5) is 0 Å². The van der Waals surface area contributed by atoms with Crippen LogP contribution in [0.2, 0.25) is 0 Å². The van der Waals surface area contributed by atoms with Gasteiger partial charge in [0.05, 0.1) is 13.2 Å². The van der Waals surface area contributed by atoms with Crippen molar-refractivity contribution in [1.29, 1.82) is 0 Å². The molecule has 0 amide bonds. The van der Waals surface area contributed by atoms with Crippen LogP contribution in [0.15, 0.2) is 35.3 Å². The third-order valence-corrected chi connectivity index (χ3v) is 5.82. The van der Waals surface area contributed by atoms with Crippen molar-refractivity contribution in [2.75, 3.05) is 45.9 Å². The Labute approximate surface area is 181 Å². The second-order valence-electron chi connectivity index (χ2n) is 7.69. The van der Waals surface area contributed by atoms with Crippen molar-refractivity contribution in [2.24, 2.45) is 10.4 Å². The molecule has 0 radical (unpaired) electrons. The van der Waals surface area contributed by atoms with Crippen molar-refractivity contribution < 1.29 is 5.11 Å². The summed E-state index contributed by atoms with van der Waals surface area (Å²) in [6.45, 7) is 10.4. The van der Waals surface area contributed by atoms with Crippen LogP contribution in [0, 0.1) is 5.41 Å². The maximum Gasteiger partial charge on any atom is 0.194 e. The number of guanidine groups is 1. The quantitative estimate of drug-likeness (QED) is 0.354. The van der Waals surface area contributed by atoms with E-state index in [1.54, 1.807) is 0 Å². The van der Waals surface area contributed by atoms with Gasteiger partial charge in [0.1, 0.15) is 0 Å². The highest BCUT2D eigenvalue weighted by Gasteiger charge is 2.42. The number of nitrogens with one attached hydrogen (secondary N) is 1. The molecule has 0 bridgehead atoms. The predicted molar refractivity (Wildman–Crippen MR) is 123 cm³/mol. The predicted octanol–water partition coefficient (Wildman–Crippen LogP) is 3.11. The van der Waals surface area contributed by atoms with Crippen LogP contribution in [0.3, 0.4) is 0 Å². The van der Waals surface area contributed by atoms with Gasteiger partial charge in [-0.2, -0.15) is 0 Å². The van der Waals surface area contributed by atoms with Gasteiger partial charge in [0.25, 0.3) is 0 Å². The summed E-state index contributed by atoms with van der Waals surface area (Å²) in [5.41, 5.74) is 1.49. The fourth-order valence-electron chi connectivity index (χ4n) is 3.84. The van der Waals surface area contributed by atoms with Gasteiger partial charge >= 0.3 is 0 Å². The minimum absolute atomic E-state index is 0. The maximum absolute atomic E-state index is 9.53.